The van der Waals surface area contributed by atoms with Gasteiger partial charge in [0, 0.05) is 37.9 Å². The van der Waals surface area contributed by atoms with Crippen molar-refractivity contribution >= 4 is 22.9 Å². The van der Waals surface area contributed by atoms with Gasteiger partial charge in [0.1, 0.15) is 12.3 Å². The smallest absolute Gasteiger partial charge is 0.193 e. The number of rotatable bonds is 0. The van der Waals surface area contributed by atoms with Crippen molar-refractivity contribution in [2.75, 3.05) is 23.9 Å². The number of anilines is 2. The molecule has 0 spiro atoms. The van der Waals surface area contributed by atoms with Crippen molar-refractivity contribution in [3.05, 3.63) is 108 Å². The summed E-state index contributed by atoms with van der Waals surface area (Å²) in [6.07, 6.45) is 4.16. The number of hydrogen-bond acceptors (Lipinski definition) is 4. The number of fused-ring (bicyclic) bond motifs is 10. The molecule has 6 heterocycles. The largest absolute Gasteiger partial charge is 0.353 e. The van der Waals surface area contributed by atoms with Crippen LogP contribution in [-0.2, 0) is 10.8 Å². The number of carbonyl (C=O) groups is 2. The fourth-order valence-electron chi connectivity index (χ4n) is 7.30. The van der Waals surface area contributed by atoms with Crippen molar-refractivity contribution < 1.29 is 9.59 Å². The highest BCUT2D eigenvalue weighted by Crippen LogP contribution is 2.56. The molecule has 4 aliphatic rings. The van der Waals surface area contributed by atoms with Gasteiger partial charge in [-0.05, 0) is 61.4 Å². The summed E-state index contributed by atoms with van der Waals surface area (Å²) in [6, 6.07) is 24.2. The quantitative estimate of drug-likeness (QED) is 0.351. The van der Waals surface area contributed by atoms with E-state index >= 15 is 0 Å². The molecule has 6 heteroatoms. The molecule has 4 aliphatic heterocycles. The molecule has 0 radical (unpaired) electrons. The number of nitrogens with zero attached hydrogens (tertiary/aromatic N) is 4. The van der Waals surface area contributed by atoms with Crippen molar-refractivity contribution in [1.29, 1.82) is 0 Å². The Morgan fingerprint density at radius 3 is 1.39 bits per heavy atom. The minimum atomic E-state index is -0.443. The van der Waals surface area contributed by atoms with Gasteiger partial charge in [0.25, 0.3) is 0 Å². The Kier molecular flexibility index (Phi) is 4.00. The maximum atomic E-state index is 12.7. The van der Waals surface area contributed by atoms with Crippen molar-refractivity contribution in [3.8, 4) is 0 Å². The molecule has 0 aliphatic carbocycles. The summed E-state index contributed by atoms with van der Waals surface area (Å²) in [5.74, 6) is 0.462. The van der Waals surface area contributed by atoms with E-state index in [9.17, 15) is 9.59 Å². The van der Waals surface area contributed by atoms with E-state index in [0.29, 0.717) is 0 Å². The molecule has 2 aromatic carbocycles. The number of hydrogen-bond donors (Lipinski definition) is 0. The summed E-state index contributed by atoms with van der Waals surface area (Å²) in [6.45, 7) is 4.13. The normalized spacial score (nSPS) is 28.2. The Bertz CT molecular complexity index is 1460. The summed E-state index contributed by atoms with van der Waals surface area (Å²) < 4.78 is 4.20. The Morgan fingerprint density at radius 1 is 0.583 bits per heavy atom. The van der Waals surface area contributed by atoms with E-state index in [1.165, 1.54) is 0 Å². The first kappa shape index (κ1) is 21.2. The van der Waals surface area contributed by atoms with Gasteiger partial charge in [-0.2, -0.15) is 0 Å². The number of carbonyl (C=O) groups excluding carboxylic acids is 2. The molecule has 180 valence electrons. The summed E-state index contributed by atoms with van der Waals surface area (Å²) in [4.78, 5) is 29.9. The van der Waals surface area contributed by atoms with E-state index in [4.69, 9.17) is 0 Å². The number of aromatic nitrogens is 2. The van der Waals surface area contributed by atoms with Gasteiger partial charge in [-0.15, -0.1) is 0 Å². The monoisotopic (exact) mass is 476 g/mol. The lowest BCUT2D eigenvalue weighted by Gasteiger charge is -2.28. The molecular weight excluding hydrogens is 448 g/mol. The van der Waals surface area contributed by atoms with Gasteiger partial charge in [0.15, 0.2) is 11.6 Å². The van der Waals surface area contributed by atoms with Crippen LogP contribution < -0.4 is 9.80 Å². The molecule has 4 aromatic rings. The molecular formula is C30H28N4O2. The van der Waals surface area contributed by atoms with Crippen LogP contribution >= 0.6 is 0 Å². The predicted molar refractivity (Wildman–Crippen MR) is 140 cm³/mol. The number of Topliss-reactive ketones (excluding diaryl/α,β-unsaturated/α-hetero) is 2. The molecule has 6 nitrogen and oxygen atoms in total. The Hall–Kier alpha value is -4.06. The fraction of sp³-hybridized carbons (Fsp3) is 0.267. The van der Waals surface area contributed by atoms with Gasteiger partial charge >= 0.3 is 0 Å². The summed E-state index contributed by atoms with van der Waals surface area (Å²) in [5.41, 5.74) is 5.38. The van der Waals surface area contributed by atoms with Crippen molar-refractivity contribution in [2.24, 2.45) is 0 Å². The zero-order valence-electron chi connectivity index (χ0n) is 20.8. The minimum Gasteiger partial charge on any atom is -0.353 e. The van der Waals surface area contributed by atoms with E-state index in [0.717, 1.165) is 33.9 Å². The zero-order chi connectivity index (χ0) is 25.0. The van der Waals surface area contributed by atoms with Gasteiger partial charge < -0.3 is 18.9 Å². The van der Waals surface area contributed by atoms with Gasteiger partial charge in [-0.1, -0.05) is 36.4 Å². The van der Waals surface area contributed by atoms with E-state index < -0.39 is 10.8 Å². The van der Waals surface area contributed by atoms with E-state index in [1.54, 1.807) is 0 Å². The van der Waals surface area contributed by atoms with Gasteiger partial charge in [0.05, 0.1) is 22.2 Å². The summed E-state index contributed by atoms with van der Waals surface area (Å²) >= 11 is 0. The highest BCUT2D eigenvalue weighted by molar-refractivity contribution is 6.08. The van der Waals surface area contributed by atoms with Crippen molar-refractivity contribution in [3.63, 3.8) is 0 Å². The molecule has 0 fully saturated rings. The van der Waals surface area contributed by atoms with E-state index in [-0.39, 0.29) is 23.9 Å². The Morgan fingerprint density at radius 2 is 0.972 bits per heavy atom. The van der Waals surface area contributed by atoms with Crippen molar-refractivity contribution in [2.45, 2.75) is 37.0 Å². The van der Waals surface area contributed by atoms with Crippen LogP contribution in [0.2, 0.25) is 0 Å². The third kappa shape index (κ3) is 2.23. The van der Waals surface area contributed by atoms with Crippen molar-refractivity contribution in [1.82, 2.24) is 9.13 Å². The topological polar surface area (TPSA) is 50.5 Å². The average Bonchev–Trinajstić information content (AvgIpc) is 3.69. The maximum Gasteiger partial charge on any atom is 0.193 e. The highest BCUT2D eigenvalue weighted by Gasteiger charge is 2.59. The molecule has 0 amide bonds. The summed E-state index contributed by atoms with van der Waals surface area (Å²) in [5, 5.41) is 0. The third-order valence-corrected chi connectivity index (χ3v) is 8.95. The first-order valence-electron chi connectivity index (χ1n) is 12.4. The van der Waals surface area contributed by atoms with E-state index in [2.05, 4.69) is 71.1 Å². The first-order valence-corrected chi connectivity index (χ1v) is 12.4. The van der Waals surface area contributed by atoms with Gasteiger partial charge in [0.2, 0.25) is 0 Å². The van der Waals surface area contributed by atoms with Crippen LogP contribution in [0.3, 0.4) is 0 Å². The maximum absolute atomic E-state index is 12.7. The van der Waals surface area contributed by atoms with Gasteiger partial charge in [-0.25, -0.2) is 0 Å². The van der Waals surface area contributed by atoms with Crippen LogP contribution in [0.15, 0.2) is 85.2 Å². The molecule has 0 saturated carbocycles. The summed E-state index contributed by atoms with van der Waals surface area (Å²) in [7, 11) is 4.13. The highest BCUT2D eigenvalue weighted by atomic mass is 16.1. The van der Waals surface area contributed by atoms with Crippen LogP contribution in [0.5, 0.6) is 0 Å². The second kappa shape index (κ2) is 6.78. The number of ketones is 2. The molecule has 4 atom stereocenters. The Labute approximate surface area is 210 Å². The van der Waals surface area contributed by atoms with E-state index in [1.807, 2.05) is 60.9 Å². The molecule has 8 rings (SSSR count). The van der Waals surface area contributed by atoms with Crippen LogP contribution in [0.1, 0.15) is 58.3 Å². The standard InChI is InChI=1S/2C15H14N2O/c2*1-15-10-6-3-4-7-11(10)16(2)14(15)17-9-5-8-12(17)13(15)18/h2*3-9,14H,1-2H3/t2*14-,15+/m10/s1. The van der Waals surface area contributed by atoms with Gasteiger partial charge in [-0.3, -0.25) is 9.59 Å². The first-order chi connectivity index (χ1) is 17.3. The number of para-hydroxylation sites is 2. The molecule has 0 N–H and O–H groups in total. The number of benzene rings is 2. The molecule has 0 unspecified atom stereocenters. The molecule has 2 aromatic heterocycles. The Balaban J connectivity index is 0.000000122. The van der Waals surface area contributed by atoms with Crippen LogP contribution in [0.25, 0.3) is 0 Å². The minimum absolute atomic E-state index is 0.0763. The molecule has 0 bridgehead atoms. The second-order valence-corrected chi connectivity index (χ2v) is 10.7. The lowest BCUT2D eigenvalue weighted by atomic mass is 9.79. The van der Waals surface area contributed by atoms with Crippen LogP contribution in [0.4, 0.5) is 11.4 Å². The predicted octanol–water partition coefficient (Wildman–Crippen LogP) is 5.18. The second-order valence-electron chi connectivity index (χ2n) is 10.7. The molecule has 36 heavy (non-hydrogen) atoms. The SMILES string of the molecule is CN1c2ccccc2[C@@]2(C)C(=O)c3cccn3[C@@H]12.CN1c2ccccc2[C@]2(C)C(=O)c3cccn3[C@H]12. The van der Waals surface area contributed by atoms with Crippen LogP contribution in [-0.4, -0.2) is 34.8 Å². The lowest BCUT2D eigenvalue weighted by molar-refractivity contribution is 0.0895. The average molecular weight is 477 g/mol. The number of likely N-dealkylation sites (N-methyl/N-ethyl adjacent to an activating group) is 2. The molecule has 0 saturated heterocycles. The van der Waals surface area contributed by atoms with Crippen LogP contribution in [0, 0.1) is 0 Å². The zero-order valence-corrected chi connectivity index (χ0v) is 20.8. The fourth-order valence-corrected chi connectivity index (χ4v) is 7.30. The lowest BCUT2D eigenvalue weighted by Crippen LogP contribution is -2.36. The third-order valence-electron chi connectivity index (χ3n) is 8.95.